The number of nitrogens with one attached hydrogen (secondary N) is 1. The highest BCUT2D eigenvalue weighted by atomic mass is 35.5. The predicted octanol–water partition coefficient (Wildman–Crippen LogP) is 4.00. The molecular weight excluding hydrogens is 326 g/mol. The van der Waals surface area contributed by atoms with Gasteiger partial charge in [0.2, 0.25) is 0 Å². The fraction of sp³-hybridized carbons (Fsp3) is 0.316. The van der Waals surface area contributed by atoms with Gasteiger partial charge in [0.15, 0.2) is 6.10 Å². The molecule has 0 aliphatic carbocycles. The minimum absolute atomic E-state index is 0.143. The average molecular weight is 348 g/mol. The smallest absolute Gasteiger partial charge is 0.261 e. The van der Waals surface area contributed by atoms with Gasteiger partial charge in [-0.15, -0.1) is 0 Å². The maximum absolute atomic E-state index is 12.2. The van der Waals surface area contributed by atoms with Crippen molar-refractivity contribution in [2.24, 2.45) is 0 Å². The van der Waals surface area contributed by atoms with Crippen LogP contribution in [0.4, 0.5) is 0 Å². The van der Waals surface area contributed by atoms with Gasteiger partial charge < -0.3 is 14.8 Å². The first-order chi connectivity index (χ1) is 11.5. The molecule has 1 amide bonds. The van der Waals surface area contributed by atoms with Crippen molar-refractivity contribution in [3.8, 4) is 11.5 Å². The summed E-state index contributed by atoms with van der Waals surface area (Å²) in [6.45, 7) is 5.97. The third-order valence-corrected chi connectivity index (χ3v) is 3.73. The average Bonchev–Trinajstić information content (AvgIpc) is 2.56. The largest absolute Gasteiger partial charge is 0.491 e. The molecule has 2 aromatic carbocycles. The van der Waals surface area contributed by atoms with Crippen molar-refractivity contribution < 1.29 is 14.3 Å². The van der Waals surface area contributed by atoms with Gasteiger partial charge in [-0.25, -0.2) is 0 Å². The molecule has 128 valence electrons. The van der Waals surface area contributed by atoms with Crippen LogP contribution in [0.3, 0.4) is 0 Å². The number of rotatable bonds is 7. The van der Waals surface area contributed by atoms with E-state index in [1.807, 2.05) is 50.2 Å². The number of carbonyl (C=O) groups is 1. The van der Waals surface area contributed by atoms with Gasteiger partial charge in [-0.05, 0) is 45.0 Å². The van der Waals surface area contributed by atoms with Gasteiger partial charge in [-0.2, -0.15) is 0 Å². The SMILES string of the molecule is Cc1ccc(OC[C@@H](C)NC(=O)[C@H](C)Oc2ccccc2Cl)cc1. The van der Waals surface area contributed by atoms with Gasteiger partial charge in [0.25, 0.3) is 5.91 Å². The van der Waals surface area contributed by atoms with Crippen molar-refractivity contribution in [3.05, 3.63) is 59.1 Å². The molecule has 0 aliphatic rings. The molecule has 0 unspecified atom stereocenters. The lowest BCUT2D eigenvalue weighted by Crippen LogP contribution is -2.43. The van der Waals surface area contributed by atoms with E-state index in [0.29, 0.717) is 17.4 Å². The zero-order chi connectivity index (χ0) is 17.5. The van der Waals surface area contributed by atoms with E-state index in [2.05, 4.69) is 5.32 Å². The molecule has 2 aromatic rings. The zero-order valence-electron chi connectivity index (χ0n) is 14.1. The van der Waals surface area contributed by atoms with Gasteiger partial charge in [0.05, 0.1) is 11.1 Å². The molecule has 4 nitrogen and oxygen atoms in total. The number of hydrogen-bond donors (Lipinski definition) is 1. The maximum Gasteiger partial charge on any atom is 0.261 e. The summed E-state index contributed by atoms with van der Waals surface area (Å²) < 4.78 is 11.3. The Morgan fingerprint density at radius 1 is 1.12 bits per heavy atom. The van der Waals surface area contributed by atoms with Crippen LogP contribution in [-0.4, -0.2) is 24.7 Å². The summed E-state index contributed by atoms with van der Waals surface area (Å²) in [6.07, 6.45) is -0.647. The van der Waals surface area contributed by atoms with E-state index < -0.39 is 6.10 Å². The summed E-state index contributed by atoms with van der Waals surface area (Å²) in [7, 11) is 0. The molecule has 0 spiro atoms. The van der Waals surface area contributed by atoms with Crippen LogP contribution in [0.15, 0.2) is 48.5 Å². The second-order valence-corrected chi connectivity index (χ2v) is 6.13. The Labute approximate surface area is 147 Å². The van der Waals surface area contributed by atoms with Gasteiger partial charge >= 0.3 is 0 Å². The molecule has 1 N–H and O–H groups in total. The predicted molar refractivity (Wildman–Crippen MR) is 95.8 cm³/mol. The molecule has 0 aromatic heterocycles. The minimum Gasteiger partial charge on any atom is -0.491 e. The zero-order valence-corrected chi connectivity index (χ0v) is 14.8. The quantitative estimate of drug-likeness (QED) is 0.823. The summed E-state index contributed by atoms with van der Waals surface area (Å²) >= 11 is 6.03. The molecular formula is C19H22ClNO3. The van der Waals surface area contributed by atoms with Crippen LogP contribution in [0.1, 0.15) is 19.4 Å². The van der Waals surface area contributed by atoms with E-state index in [4.69, 9.17) is 21.1 Å². The number of aryl methyl sites for hydroxylation is 1. The van der Waals surface area contributed by atoms with Crippen LogP contribution in [-0.2, 0) is 4.79 Å². The molecule has 0 saturated heterocycles. The highest BCUT2D eigenvalue weighted by Crippen LogP contribution is 2.24. The molecule has 0 aliphatic heterocycles. The Bertz CT molecular complexity index is 673. The lowest BCUT2D eigenvalue weighted by molar-refractivity contribution is -0.128. The van der Waals surface area contributed by atoms with E-state index in [1.165, 1.54) is 5.56 Å². The topological polar surface area (TPSA) is 47.6 Å². The van der Waals surface area contributed by atoms with E-state index in [1.54, 1.807) is 19.1 Å². The third kappa shape index (κ3) is 5.46. The van der Waals surface area contributed by atoms with Gasteiger partial charge in [-0.1, -0.05) is 41.4 Å². The summed E-state index contributed by atoms with van der Waals surface area (Å²) in [5.74, 6) is 1.06. The van der Waals surface area contributed by atoms with Crippen molar-refractivity contribution in [1.29, 1.82) is 0 Å². The van der Waals surface area contributed by atoms with E-state index >= 15 is 0 Å². The van der Waals surface area contributed by atoms with Gasteiger partial charge in [-0.3, -0.25) is 4.79 Å². The van der Waals surface area contributed by atoms with Crippen LogP contribution in [0.5, 0.6) is 11.5 Å². The Morgan fingerprint density at radius 2 is 1.79 bits per heavy atom. The van der Waals surface area contributed by atoms with Crippen LogP contribution in [0, 0.1) is 6.92 Å². The Hall–Kier alpha value is -2.20. The summed E-state index contributed by atoms with van der Waals surface area (Å²) in [5, 5.41) is 3.35. The number of ether oxygens (including phenoxy) is 2. The lowest BCUT2D eigenvalue weighted by Gasteiger charge is -2.19. The van der Waals surface area contributed by atoms with Gasteiger partial charge in [0, 0.05) is 0 Å². The molecule has 0 saturated carbocycles. The van der Waals surface area contributed by atoms with Crippen molar-refractivity contribution in [3.63, 3.8) is 0 Å². The highest BCUT2D eigenvalue weighted by Gasteiger charge is 2.18. The third-order valence-electron chi connectivity index (χ3n) is 3.42. The lowest BCUT2D eigenvalue weighted by atomic mass is 10.2. The van der Waals surface area contributed by atoms with E-state index in [-0.39, 0.29) is 11.9 Å². The Kier molecular flexibility index (Phi) is 6.50. The summed E-state index contributed by atoms with van der Waals surface area (Å²) in [6, 6.07) is 14.7. The van der Waals surface area contributed by atoms with E-state index in [0.717, 1.165) is 5.75 Å². The van der Waals surface area contributed by atoms with Crippen molar-refractivity contribution >= 4 is 17.5 Å². The van der Waals surface area contributed by atoms with Crippen molar-refractivity contribution in [1.82, 2.24) is 5.32 Å². The van der Waals surface area contributed by atoms with Crippen LogP contribution >= 0.6 is 11.6 Å². The van der Waals surface area contributed by atoms with Crippen molar-refractivity contribution in [2.45, 2.75) is 32.9 Å². The summed E-state index contributed by atoms with van der Waals surface area (Å²) in [5.41, 5.74) is 1.18. The number of benzene rings is 2. The number of amides is 1. The van der Waals surface area contributed by atoms with Gasteiger partial charge in [0.1, 0.15) is 18.1 Å². The normalized spacial score (nSPS) is 13.0. The molecule has 0 fully saturated rings. The fourth-order valence-corrected chi connectivity index (χ4v) is 2.22. The number of hydrogen-bond acceptors (Lipinski definition) is 3. The van der Waals surface area contributed by atoms with E-state index in [9.17, 15) is 4.79 Å². The standard InChI is InChI=1S/C19H22ClNO3/c1-13-8-10-16(11-9-13)23-12-14(2)21-19(22)15(3)24-18-7-5-4-6-17(18)20/h4-11,14-15H,12H2,1-3H3,(H,21,22)/t14-,15+/m1/s1. The van der Waals surface area contributed by atoms with Crippen LogP contribution < -0.4 is 14.8 Å². The second-order valence-electron chi connectivity index (χ2n) is 5.72. The number of carbonyl (C=O) groups excluding carboxylic acids is 1. The minimum atomic E-state index is -0.647. The first kappa shape index (κ1) is 18.1. The first-order valence-corrected chi connectivity index (χ1v) is 8.24. The molecule has 0 bridgehead atoms. The highest BCUT2D eigenvalue weighted by molar-refractivity contribution is 6.32. The number of para-hydroxylation sites is 1. The molecule has 24 heavy (non-hydrogen) atoms. The molecule has 2 atom stereocenters. The molecule has 0 radical (unpaired) electrons. The first-order valence-electron chi connectivity index (χ1n) is 7.86. The maximum atomic E-state index is 12.2. The molecule has 0 heterocycles. The van der Waals surface area contributed by atoms with Crippen LogP contribution in [0.25, 0.3) is 0 Å². The number of halogens is 1. The fourth-order valence-electron chi connectivity index (χ4n) is 2.04. The Balaban J connectivity index is 1.80. The molecule has 5 heteroatoms. The van der Waals surface area contributed by atoms with Crippen molar-refractivity contribution in [2.75, 3.05) is 6.61 Å². The summed E-state index contributed by atoms with van der Waals surface area (Å²) in [4.78, 5) is 12.2. The second kappa shape index (κ2) is 8.60. The monoisotopic (exact) mass is 347 g/mol. The Morgan fingerprint density at radius 3 is 2.46 bits per heavy atom. The van der Waals surface area contributed by atoms with Crippen LogP contribution in [0.2, 0.25) is 5.02 Å². The molecule has 2 rings (SSSR count).